The lowest BCUT2D eigenvalue weighted by Crippen LogP contribution is -2.41. The van der Waals surface area contributed by atoms with Crippen LogP contribution in [0.25, 0.3) is 0 Å². The molecule has 0 amide bonds. The molecule has 20 heavy (non-hydrogen) atoms. The normalized spacial score (nSPS) is 20.2. The van der Waals surface area contributed by atoms with Crippen molar-refractivity contribution in [1.82, 2.24) is 9.97 Å². The lowest BCUT2D eigenvalue weighted by Gasteiger charge is -2.37. The summed E-state index contributed by atoms with van der Waals surface area (Å²) < 4.78 is 0.834. The number of hydrogen-bond acceptors (Lipinski definition) is 4. The van der Waals surface area contributed by atoms with Crippen LogP contribution in [-0.2, 0) is 5.41 Å². The molecule has 0 aromatic carbocycles. The minimum Gasteiger partial charge on any atom is -0.396 e. The molecule has 1 saturated heterocycles. The van der Waals surface area contributed by atoms with E-state index in [1.165, 1.54) is 12.8 Å². The molecule has 1 unspecified atom stereocenters. The van der Waals surface area contributed by atoms with Gasteiger partial charge in [-0.15, -0.1) is 0 Å². The molecule has 1 aliphatic rings. The van der Waals surface area contributed by atoms with Gasteiger partial charge in [0.25, 0.3) is 0 Å². The minimum absolute atomic E-state index is 0.0687. The molecule has 0 radical (unpaired) electrons. The molecule has 112 valence electrons. The van der Waals surface area contributed by atoms with Gasteiger partial charge in [0.15, 0.2) is 0 Å². The summed E-state index contributed by atoms with van der Waals surface area (Å²) in [4.78, 5) is 11.6. The Morgan fingerprint density at radius 1 is 1.35 bits per heavy atom. The van der Waals surface area contributed by atoms with E-state index in [0.717, 1.165) is 35.6 Å². The molecule has 0 bridgehead atoms. The molecular formula is C15H24BrN3O. The van der Waals surface area contributed by atoms with Crippen molar-refractivity contribution in [2.45, 2.75) is 57.9 Å². The largest absolute Gasteiger partial charge is 0.396 e. The smallest absolute Gasteiger partial charge is 0.137 e. The summed E-state index contributed by atoms with van der Waals surface area (Å²) in [6.07, 6.45) is 4.37. The number of piperidine rings is 1. The summed E-state index contributed by atoms with van der Waals surface area (Å²) in [5.74, 6) is 1.84. The molecule has 1 N–H and O–H groups in total. The molecule has 1 aromatic rings. The topological polar surface area (TPSA) is 49.2 Å². The zero-order valence-electron chi connectivity index (χ0n) is 12.6. The first kappa shape index (κ1) is 15.7. The van der Waals surface area contributed by atoms with E-state index in [-0.39, 0.29) is 12.0 Å². The second-order valence-corrected chi connectivity index (χ2v) is 7.29. The van der Waals surface area contributed by atoms with Gasteiger partial charge in [-0.2, -0.15) is 0 Å². The Morgan fingerprint density at radius 3 is 2.75 bits per heavy atom. The molecule has 0 aliphatic carbocycles. The van der Waals surface area contributed by atoms with Crippen molar-refractivity contribution in [3.05, 3.63) is 16.5 Å². The Bertz CT molecular complexity index is 457. The van der Waals surface area contributed by atoms with Crippen molar-refractivity contribution in [3.63, 3.8) is 0 Å². The monoisotopic (exact) mass is 341 g/mol. The second kappa shape index (κ2) is 6.39. The number of hydrogen-bond donors (Lipinski definition) is 1. The summed E-state index contributed by atoms with van der Waals surface area (Å²) in [7, 11) is 0. The lowest BCUT2D eigenvalue weighted by molar-refractivity contribution is 0.262. The molecule has 1 fully saturated rings. The van der Waals surface area contributed by atoms with Crippen LogP contribution in [0.5, 0.6) is 0 Å². The highest BCUT2D eigenvalue weighted by molar-refractivity contribution is 9.10. The summed E-state index contributed by atoms with van der Waals surface area (Å²) in [6, 6.07) is 2.38. The molecule has 2 rings (SSSR count). The van der Waals surface area contributed by atoms with Crippen LogP contribution in [0, 0.1) is 0 Å². The maximum absolute atomic E-state index is 9.25. The highest BCUT2D eigenvalue weighted by atomic mass is 79.9. The van der Waals surface area contributed by atoms with Crippen LogP contribution in [0.4, 0.5) is 5.82 Å². The van der Waals surface area contributed by atoms with E-state index in [4.69, 9.17) is 4.98 Å². The summed E-state index contributed by atoms with van der Waals surface area (Å²) in [6.45, 7) is 7.62. The van der Waals surface area contributed by atoms with Gasteiger partial charge in [-0.25, -0.2) is 9.97 Å². The number of nitrogens with zero attached hydrogens (tertiary/aromatic N) is 3. The first-order chi connectivity index (χ1) is 9.41. The van der Waals surface area contributed by atoms with E-state index in [2.05, 4.69) is 46.6 Å². The fourth-order valence-electron chi connectivity index (χ4n) is 2.64. The second-order valence-electron chi connectivity index (χ2n) is 6.48. The summed E-state index contributed by atoms with van der Waals surface area (Å²) >= 11 is 3.50. The minimum atomic E-state index is -0.0687. The average molecular weight is 342 g/mol. The highest BCUT2D eigenvalue weighted by Gasteiger charge is 2.26. The van der Waals surface area contributed by atoms with Crippen molar-refractivity contribution >= 4 is 21.7 Å². The third kappa shape index (κ3) is 3.70. The van der Waals surface area contributed by atoms with Crippen LogP contribution in [0.15, 0.2) is 10.7 Å². The summed E-state index contributed by atoms with van der Waals surface area (Å²) in [5, 5.41) is 9.25. The Kier molecular flexibility index (Phi) is 5.02. The van der Waals surface area contributed by atoms with Crippen molar-refractivity contribution in [1.29, 1.82) is 0 Å². The third-order valence-corrected chi connectivity index (χ3v) is 4.14. The lowest BCUT2D eigenvalue weighted by atomic mass is 9.95. The van der Waals surface area contributed by atoms with Gasteiger partial charge in [-0.1, -0.05) is 20.8 Å². The first-order valence-electron chi connectivity index (χ1n) is 7.34. The van der Waals surface area contributed by atoms with E-state index in [1.807, 2.05) is 6.07 Å². The standard InChI is InChI=1S/C15H24BrN3O/c1-15(2,3)14-17-12(16)10-13(18-14)19-8-5-4-6-11(19)7-9-20/h10-11,20H,4-9H2,1-3H3. The van der Waals surface area contributed by atoms with Gasteiger partial charge in [-0.3, -0.25) is 0 Å². The van der Waals surface area contributed by atoms with Crippen LogP contribution in [0.2, 0.25) is 0 Å². The van der Waals surface area contributed by atoms with Crippen LogP contribution in [0.1, 0.15) is 52.3 Å². The first-order valence-corrected chi connectivity index (χ1v) is 8.13. The summed E-state index contributed by atoms with van der Waals surface area (Å²) in [5.41, 5.74) is -0.0687. The zero-order valence-corrected chi connectivity index (χ0v) is 14.2. The molecule has 2 heterocycles. The quantitative estimate of drug-likeness (QED) is 0.857. The molecule has 5 heteroatoms. The maximum Gasteiger partial charge on any atom is 0.137 e. The van der Waals surface area contributed by atoms with Gasteiger partial charge >= 0.3 is 0 Å². The number of anilines is 1. The number of aliphatic hydroxyl groups excluding tert-OH is 1. The molecule has 0 saturated carbocycles. The van der Waals surface area contributed by atoms with E-state index in [9.17, 15) is 5.11 Å². The van der Waals surface area contributed by atoms with Crippen LogP contribution < -0.4 is 4.90 Å². The molecule has 0 spiro atoms. The number of aliphatic hydroxyl groups is 1. The zero-order chi connectivity index (χ0) is 14.8. The van der Waals surface area contributed by atoms with Gasteiger partial charge in [0, 0.05) is 30.7 Å². The number of rotatable bonds is 3. The van der Waals surface area contributed by atoms with Crippen molar-refractivity contribution in [3.8, 4) is 0 Å². The molecule has 1 aromatic heterocycles. The molecule has 1 aliphatic heterocycles. The fourth-order valence-corrected chi connectivity index (χ4v) is 3.01. The van der Waals surface area contributed by atoms with Gasteiger partial charge in [0.2, 0.25) is 0 Å². The number of halogens is 1. The van der Waals surface area contributed by atoms with Crippen LogP contribution in [0.3, 0.4) is 0 Å². The fraction of sp³-hybridized carbons (Fsp3) is 0.733. The Hall–Kier alpha value is -0.680. The SMILES string of the molecule is CC(C)(C)c1nc(Br)cc(N2CCCCC2CCO)n1. The van der Waals surface area contributed by atoms with Crippen molar-refractivity contribution in [2.75, 3.05) is 18.1 Å². The Morgan fingerprint density at radius 2 is 2.10 bits per heavy atom. The van der Waals surface area contributed by atoms with Crippen LogP contribution in [-0.4, -0.2) is 34.3 Å². The third-order valence-electron chi connectivity index (χ3n) is 3.74. The van der Waals surface area contributed by atoms with E-state index >= 15 is 0 Å². The van der Waals surface area contributed by atoms with Crippen LogP contribution >= 0.6 is 15.9 Å². The van der Waals surface area contributed by atoms with E-state index in [0.29, 0.717) is 6.04 Å². The predicted octanol–water partition coefficient (Wildman–Crippen LogP) is 3.28. The van der Waals surface area contributed by atoms with Crippen molar-refractivity contribution in [2.24, 2.45) is 0 Å². The van der Waals surface area contributed by atoms with Gasteiger partial charge < -0.3 is 10.0 Å². The van der Waals surface area contributed by atoms with Gasteiger partial charge in [0.1, 0.15) is 16.2 Å². The molecule has 4 nitrogen and oxygen atoms in total. The molecule has 1 atom stereocenters. The Labute approximate surface area is 129 Å². The maximum atomic E-state index is 9.25. The van der Waals surface area contributed by atoms with Gasteiger partial charge in [-0.05, 0) is 41.6 Å². The Balaban J connectivity index is 2.32. The van der Waals surface area contributed by atoms with Gasteiger partial charge in [0.05, 0.1) is 0 Å². The highest BCUT2D eigenvalue weighted by Crippen LogP contribution is 2.29. The van der Waals surface area contributed by atoms with Crippen molar-refractivity contribution < 1.29 is 5.11 Å². The average Bonchev–Trinajstić information content (AvgIpc) is 2.38. The number of aromatic nitrogens is 2. The van der Waals surface area contributed by atoms with E-state index < -0.39 is 0 Å². The molecular weight excluding hydrogens is 318 g/mol. The van der Waals surface area contributed by atoms with E-state index in [1.54, 1.807) is 0 Å². The predicted molar refractivity (Wildman–Crippen MR) is 85.1 cm³/mol.